The highest BCUT2D eigenvalue weighted by Gasteiger charge is 2.26. The van der Waals surface area contributed by atoms with E-state index in [9.17, 15) is 14.3 Å². The highest BCUT2D eigenvalue weighted by molar-refractivity contribution is 7.47. The van der Waals surface area contributed by atoms with Crippen LogP contribution in [0.15, 0.2) is 36.5 Å². The van der Waals surface area contributed by atoms with Gasteiger partial charge in [0.2, 0.25) is 0 Å². The minimum atomic E-state index is -4.27. The zero-order chi connectivity index (χ0) is 34.2. The van der Waals surface area contributed by atoms with E-state index in [-0.39, 0.29) is 25.8 Å². The third kappa shape index (κ3) is 34.1. The third-order valence-electron chi connectivity index (χ3n) is 7.47. The van der Waals surface area contributed by atoms with Crippen LogP contribution in [-0.4, -0.2) is 75.6 Å². The van der Waals surface area contributed by atoms with Gasteiger partial charge in [0.25, 0.3) is 0 Å². The third-order valence-corrected chi connectivity index (χ3v) is 8.45. The Hall–Kier alpha value is -1.28. The van der Waals surface area contributed by atoms with Crippen molar-refractivity contribution in [1.82, 2.24) is 0 Å². The number of quaternary nitrogens is 1. The van der Waals surface area contributed by atoms with E-state index >= 15 is 0 Å². The van der Waals surface area contributed by atoms with Crippen molar-refractivity contribution in [2.45, 2.75) is 142 Å². The molecule has 9 heteroatoms. The largest absolute Gasteiger partial charge is 0.472 e. The second-order valence-corrected chi connectivity index (χ2v) is 14.7. The van der Waals surface area contributed by atoms with Crippen molar-refractivity contribution in [2.75, 3.05) is 54.1 Å². The summed E-state index contributed by atoms with van der Waals surface area (Å²) in [6, 6.07) is 0. The average molecular weight is 673 g/mol. The van der Waals surface area contributed by atoms with Gasteiger partial charge < -0.3 is 18.9 Å². The first-order valence-electron chi connectivity index (χ1n) is 18.2. The number of likely N-dealkylation sites (N-methyl/N-ethyl adjacent to an activating group) is 1. The fourth-order valence-corrected chi connectivity index (χ4v) is 5.37. The van der Waals surface area contributed by atoms with E-state index in [0.29, 0.717) is 24.1 Å². The van der Waals surface area contributed by atoms with Crippen molar-refractivity contribution in [3.8, 4) is 0 Å². The van der Waals surface area contributed by atoms with Gasteiger partial charge in [-0.1, -0.05) is 121 Å². The number of ether oxygens (including phenoxy) is 2. The molecule has 0 saturated heterocycles. The Kier molecular flexibility index (Phi) is 30.2. The molecule has 0 fully saturated rings. The molecule has 0 aliphatic carbocycles. The Morgan fingerprint density at radius 2 is 1.26 bits per heavy atom. The maximum absolute atomic E-state index is 12.6. The predicted octanol–water partition coefficient (Wildman–Crippen LogP) is 9.87. The Balaban J connectivity index is 4.36. The van der Waals surface area contributed by atoms with Gasteiger partial charge in [0.15, 0.2) is 0 Å². The number of hydrogen-bond donors (Lipinski definition) is 1. The molecular formula is C37H71NO7P+. The van der Waals surface area contributed by atoms with Gasteiger partial charge in [-0.3, -0.25) is 13.8 Å². The van der Waals surface area contributed by atoms with Crippen LogP contribution in [0.2, 0.25) is 0 Å². The van der Waals surface area contributed by atoms with Crippen molar-refractivity contribution in [3.63, 3.8) is 0 Å². The molecule has 0 saturated carbocycles. The van der Waals surface area contributed by atoms with Crippen molar-refractivity contribution in [1.29, 1.82) is 0 Å². The number of esters is 1. The highest BCUT2D eigenvalue weighted by Crippen LogP contribution is 2.43. The molecule has 2 unspecified atom stereocenters. The summed E-state index contributed by atoms with van der Waals surface area (Å²) in [5, 5.41) is 0. The smallest absolute Gasteiger partial charge is 0.457 e. The van der Waals surface area contributed by atoms with Crippen molar-refractivity contribution < 1.29 is 37.3 Å². The quantitative estimate of drug-likeness (QED) is 0.0244. The van der Waals surface area contributed by atoms with Crippen LogP contribution in [-0.2, 0) is 27.9 Å². The Morgan fingerprint density at radius 3 is 1.89 bits per heavy atom. The predicted molar refractivity (Wildman–Crippen MR) is 192 cm³/mol. The summed E-state index contributed by atoms with van der Waals surface area (Å²) < 4.78 is 34.7. The van der Waals surface area contributed by atoms with Gasteiger partial charge in [0, 0.05) is 13.0 Å². The number of allylic oxidation sites excluding steroid dienone is 6. The van der Waals surface area contributed by atoms with Crippen LogP contribution in [0.1, 0.15) is 136 Å². The number of unbranched alkanes of at least 4 members (excludes halogenated alkanes) is 13. The standard InChI is InChI=1S/C37H70NO7P/c1-6-8-10-12-14-16-18-19-20-21-23-25-27-29-32-42-34-36(35-44-46(40,41)43-33-31-38(3,4)5)45-37(39)30-28-26-24-22-17-15-13-11-9-7-2/h8,10,14,16,19-20,36H,6-7,9,11-13,15,17-18,21-35H2,1-5H3/p+1/b10-8-,16-14-,20-19-. The Bertz CT molecular complexity index is 838. The molecule has 270 valence electrons. The molecule has 1 N–H and O–H groups in total. The molecule has 0 rings (SSSR count). The van der Waals surface area contributed by atoms with Crippen LogP contribution in [0, 0.1) is 0 Å². The van der Waals surface area contributed by atoms with E-state index in [4.69, 9.17) is 18.5 Å². The van der Waals surface area contributed by atoms with Gasteiger partial charge in [-0.25, -0.2) is 4.57 Å². The van der Waals surface area contributed by atoms with E-state index in [0.717, 1.165) is 70.6 Å². The first kappa shape index (κ1) is 44.7. The summed E-state index contributed by atoms with van der Waals surface area (Å²) in [6.07, 6.45) is 33.1. The topological polar surface area (TPSA) is 91.3 Å². The number of phosphoric ester groups is 1. The molecule has 0 bridgehead atoms. The zero-order valence-corrected chi connectivity index (χ0v) is 31.2. The first-order chi connectivity index (χ1) is 22.1. The molecule has 0 spiro atoms. The number of nitrogens with zero attached hydrogens (tertiary/aromatic N) is 1. The molecule has 0 aromatic rings. The molecule has 0 aromatic heterocycles. The molecule has 8 nitrogen and oxygen atoms in total. The van der Waals surface area contributed by atoms with Crippen LogP contribution in [0.3, 0.4) is 0 Å². The number of carbonyl (C=O) groups excluding carboxylic acids is 1. The normalized spacial score (nSPS) is 14.5. The minimum absolute atomic E-state index is 0.0841. The molecule has 0 aliphatic rings. The fraction of sp³-hybridized carbons (Fsp3) is 0.811. The van der Waals surface area contributed by atoms with Gasteiger partial charge in [-0.2, -0.15) is 0 Å². The Labute approximate surface area is 283 Å². The van der Waals surface area contributed by atoms with Crippen molar-refractivity contribution >= 4 is 13.8 Å². The van der Waals surface area contributed by atoms with Gasteiger partial charge in [0.05, 0.1) is 34.4 Å². The van der Waals surface area contributed by atoms with Gasteiger partial charge >= 0.3 is 13.8 Å². The van der Waals surface area contributed by atoms with Gasteiger partial charge in [-0.05, 0) is 44.9 Å². The van der Waals surface area contributed by atoms with E-state index in [1.54, 1.807) is 0 Å². The number of rotatable bonds is 33. The molecule has 0 aliphatic heterocycles. The second kappa shape index (κ2) is 31.0. The summed E-state index contributed by atoms with van der Waals surface area (Å²) in [5.41, 5.74) is 0. The molecule has 0 aromatic carbocycles. The summed E-state index contributed by atoms with van der Waals surface area (Å²) in [7, 11) is 1.65. The molecule has 46 heavy (non-hydrogen) atoms. The highest BCUT2D eigenvalue weighted by atomic mass is 31.2. The van der Waals surface area contributed by atoms with Crippen molar-refractivity contribution in [3.05, 3.63) is 36.5 Å². The van der Waals surface area contributed by atoms with E-state index in [2.05, 4.69) is 50.3 Å². The van der Waals surface area contributed by atoms with Gasteiger partial charge in [0.1, 0.15) is 19.3 Å². The summed E-state index contributed by atoms with van der Waals surface area (Å²) >= 11 is 0. The van der Waals surface area contributed by atoms with Crippen LogP contribution in [0.4, 0.5) is 0 Å². The molecule has 0 radical (unpaired) electrons. The zero-order valence-electron chi connectivity index (χ0n) is 30.3. The summed E-state index contributed by atoms with van der Waals surface area (Å²) in [5.74, 6) is -0.327. The van der Waals surface area contributed by atoms with Crippen LogP contribution >= 0.6 is 7.82 Å². The number of phosphoric acid groups is 1. The first-order valence-corrected chi connectivity index (χ1v) is 19.7. The molecule has 2 atom stereocenters. The second-order valence-electron chi connectivity index (χ2n) is 13.2. The monoisotopic (exact) mass is 672 g/mol. The maximum Gasteiger partial charge on any atom is 0.472 e. The number of carbonyl (C=O) groups is 1. The van der Waals surface area contributed by atoms with Crippen LogP contribution < -0.4 is 0 Å². The van der Waals surface area contributed by atoms with Crippen LogP contribution in [0.5, 0.6) is 0 Å². The lowest BCUT2D eigenvalue weighted by atomic mass is 10.1. The fourth-order valence-electron chi connectivity index (χ4n) is 4.62. The minimum Gasteiger partial charge on any atom is -0.457 e. The van der Waals surface area contributed by atoms with E-state index in [1.807, 2.05) is 21.1 Å². The van der Waals surface area contributed by atoms with Crippen LogP contribution in [0.25, 0.3) is 0 Å². The number of hydrogen-bond acceptors (Lipinski definition) is 6. The van der Waals surface area contributed by atoms with E-state index < -0.39 is 13.9 Å². The lowest BCUT2D eigenvalue weighted by molar-refractivity contribution is -0.870. The SMILES string of the molecule is CC/C=C\C/C=C\C/C=C\CCCCCCOCC(COP(=O)(O)OCC[N+](C)(C)C)OC(=O)CCCCCCCCCCCC. The average Bonchev–Trinajstić information content (AvgIpc) is 2.99. The lowest BCUT2D eigenvalue weighted by Gasteiger charge is -2.24. The Morgan fingerprint density at radius 1 is 0.696 bits per heavy atom. The van der Waals surface area contributed by atoms with Gasteiger partial charge in [-0.15, -0.1) is 0 Å². The molecule has 0 amide bonds. The lowest BCUT2D eigenvalue weighted by Crippen LogP contribution is -2.37. The van der Waals surface area contributed by atoms with E-state index in [1.165, 1.54) is 44.9 Å². The maximum atomic E-state index is 12.6. The summed E-state index contributed by atoms with van der Waals surface area (Å²) in [4.78, 5) is 22.7. The summed E-state index contributed by atoms with van der Waals surface area (Å²) in [6.45, 7) is 5.42. The van der Waals surface area contributed by atoms with Crippen molar-refractivity contribution in [2.24, 2.45) is 0 Å². The molecule has 0 heterocycles. The molecular weight excluding hydrogens is 601 g/mol.